The van der Waals surface area contributed by atoms with Gasteiger partial charge in [0, 0.05) is 39.5 Å². The van der Waals surface area contributed by atoms with Crippen molar-refractivity contribution in [1.29, 1.82) is 0 Å². The van der Waals surface area contributed by atoms with Crippen LogP contribution in [0.3, 0.4) is 0 Å². The second kappa shape index (κ2) is 7.13. The van der Waals surface area contributed by atoms with Crippen molar-refractivity contribution in [2.45, 2.75) is 0 Å². The van der Waals surface area contributed by atoms with E-state index in [2.05, 4.69) is 20.3 Å². The molecule has 2 heterocycles. The molecule has 0 fully saturated rings. The Hall–Kier alpha value is -3.71. The lowest BCUT2D eigenvalue weighted by atomic mass is 10.1. The van der Waals surface area contributed by atoms with Gasteiger partial charge in [0.15, 0.2) is 0 Å². The van der Waals surface area contributed by atoms with Crippen LogP contribution in [0, 0.1) is 0 Å². The van der Waals surface area contributed by atoms with Crippen molar-refractivity contribution in [2.75, 3.05) is 11.1 Å². The fraction of sp³-hybridized carbons (Fsp3) is 0. The van der Waals surface area contributed by atoms with Crippen LogP contribution >= 0.6 is 11.6 Å². The summed E-state index contributed by atoms with van der Waals surface area (Å²) in [6.45, 7) is 0. The first-order valence-corrected chi connectivity index (χ1v) is 8.67. The number of hydrogen-bond acceptors (Lipinski definition) is 6. The van der Waals surface area contributed by atoms with Crippen molar-refractivity contribution in [2.24, 2.45) is 0 Å². The van der Waals surface area contributed by atoms with Crippen LogP contribution in [0.15, 0.2) is 60.8 Å². The third kappa shape index (κ3) is 3.56. The van der Waals surface area contributed by atoms with Gasteiger partial charge in [0.2, 0.25) is 11.8 Å². The van der Waals surface area contributed by atoms with E-state index >= 15 is 0 Å². The molecule has 2 aromatic heterocycles. The predicted octanol–water partition coefficient (Wildman–Crippen LogP) is 3.89. The molecule has 138 valence electrons. The smallest absolute Gasteiger partial charge is 0.255 e. The minimum atomic E-state index is -0.370. The SMILES string of the molecule is Nc1nc(-c2cccc(NC(=O)c3ccnc(O)c3)c2)c2cc(Cl)ccc2n1. The first-order valence-electron chi connectivity index (χ1n) is 8.29. The van der Waals surface area contributed by atoms with Gasteiger partial charge in [0.25, 0.3) is 5.91 Å². The summed E-state index contributed by atoms with van der Waals surface area (Å²) < 4.78 is 0. The molecule has 0 radical (unpaired) electrons. The molecule has 4 aromatic rings. The fourth-order valence-corrected chi connectivity index (χ4v) is 3.02. The first-order chi connectivity index (χ1) is 13.5. The number of amides is 1. The van der Waals surface area contributed by atoms with Gasteiger partial charge < -0.3 is 16.2 Å². The van der Waals surface area contributed by atoms with E-state index in [0.29, 0.717) is 27.5 Å². The number of aromatic nitrogens is 3. The number of anilines is 2. The Morgan fingerprint density at radius 3 is 2.75 bits per heavy atom. The van der Waals surface area contributed by atoms with Gasteiger partial charge in [-0.3, -0.25) is 4.79 Å². The van der Waals surface area contributed by atoms with Crippen LogP contribution in [0.25, 0.3) is 22.2 Å². The molecule has 28 heavy (non-hydrogen) atoms. The number of nitrogens with two attached hydrogens (primary N) is 1. The van der Waals surface area contributed by atoms with Crippen molar-refractivity contribution in [3.63, 3.8) is 0 Å². The summed E-state index contributed by atoms with van der Waals surface area (Å²) in [7, 11) is 0. The van der Waals surface area contributed by atoms with Gasteiger partial charge in [-0.15, -0.1) is 0 Å². The van der Waals surface area contributed by atoms with Gasteiger partial charge in [0.1, 0.15) is 0 Å². The number of pyridine rings is 1. The summed E-state index contributed by atoms with van der Waals surface area (Å²) in [5.74, 6) is -0.447. The van der Waals surface area contributed by atoms with Gasteiger partial charge in [-0.05, 0) is 36.4 Å². The zero-order valence-electron chi connectivity index (χ0n) is 14.4. The number of carbonyl (C=O) groups is 1. The topological polar surface area (TPSA) is 114 Å². The largest absolute Gasteiger partial charge is 0.493 e. The Labute approximate surface area is 164 Å². The number of hydrogen-bond donors (Lipinski definition) is 3. The first kappa shape index (κ1) is 17.7. The van der Waals surface area contributed by atoms with E-state index in [-0.39, 0.29) is 17.7 Å². The number of aromatic hydroxyl groups is 1. The quantitative estimate of drug-likeness (QED) is 0.488. The lowest BCUT2D eigenvalue weighted by molar-refractivity contribution is 0.102. The molecule has 4 rings (SSSR count). The van der Waals surface area contributed by atoms with E-state index in [1.165, 1.54) is 18.3 Å². The Morgan fingerprint density at radius 1 is 1.07 bits per heavy atom. The summed E-state index contributed by atoms with van der Waals surface area (Å²) >= 11 is 6.13. The number of benzene rings is 2. The third-order valence-electron chi connectivity index (χ3n) is 4.08. The maximum Gasteiger partial charge on any atom is 0.255 e. The maximum atomic E-state index is 12.4. The number of nitrogens with zero attached hydrogens (tertiary/aromatic N) is 3. The van der Waals surface area contributed by atoms with Crippen LogP contribution in [0.1, 0.15) is 10.4 Å². The van der Waals surface area contributed by atoms with E-state index in [0.717, 1.165) is 10.9 Å². The summed E-state index contributed by atoms with van der Waals surface area (Å²) in [4.78, 5) is 24.7. The molecule has 2 aromatic carbocycles. The molecular weight excluding hydrogens is 378 g/mol. The van der Waals surface area contributed by atoms with Crippen molar-refractivity contribution >= 4 is 40.0 Å². The molecule has 0 aliphatic rings. The van der Waals surface area contributed by atoms with Crippen molar-refractivity contribution in [1.82, 2.24) is 15.0 Å². The fourth-order valence-electron chi connectivity index (χ4n) is 2.85. The minimum Gasteiger partial charge on any atom is -0.493 e. The van der Waals surface area contributed by atoms with E-state index in [9.17, 15) is 9.90 Å². The van der Waals surface area contributed by atoms with Crippen molar-refractivity contribution in [3.8, 4) is 17.1 Å². The second-order valence-electron chi connectivity index (χ2n) is 6.03. The molecule has 0 saturated carbocycles. The Kier molecular flexibility index (Phi) is 4.50. The minimum absolute atomic E-state index is 0.145. The van der Waals surface area contributed by atoms with Crippen LogP contribution in [0.2, 0.25) is 5.02 Å². The average Bonchev–Trinajstić information content (AvgIpc) is 2.68. The standard InChI is InChI=1S/C20H14ClN5O2/c21-13-4-5-16-15(10-13)18(26-20(22)25-16)11-2-1-3-14(8-11)24-19(28)12-6-7-23-17(27)9-12/h1-10H,(H,23,27)(H,24,28)(H2,22,25,26). The summed E-state index contributed by atoms with van der Waals surface area (Å²) in [5, 5.41) is 13.5. The third-order valence-corrected chi connectivity index (χ3v) is 4.31. The molecule has 0 bridgehead atoms. The number of rotatable bonds is 3. The zero-order chi connectivity index (χ0) is 19.7. The highest BCUT2D eigenvalue weighted by Gasteiger charge is 2.12. The molecule has 0 spiro atoms. The lowest BCUT2D eigenvalue weighted by Crippen LogP contribution is -2.11. The molecule has 0 aliphatic carbocycles. The van der Waals surface area contributed by atoms with Gasteiger partial charge in [-0.25, -0.2) is 15.0 Å². The van der Waals surface area contributed by atoms with Crippen LogP contribution < -0.4 is 11.1 Å². The molecule has 0 saturated heterocycles. The Balaban J connectivity index is 1.72. The normalized spacial score (nSPS) is 10.8. The van der Waals surface area contributed by atoms with Gasteiger partial charge in [0.05, 0.1) is 11.2 Å². The summed E-state index contributed by atoms with van der Waals surface area (Å²) in [6, 6.07) is 15.3. The highest BCUT2D eigenvalue weighted by Crippen LogP contribution is 2.30. The number of halogens is 1. The van der Waals surface area contributed by atoms with E-state index < -0.39 is 0 Å². The number of nitrogens with one attached hydrogen (secondary N) is 1. The van der Waals surface area contributed by atoms with Crippen molar-refractivity contribution in [3.05, 3.63) is 71.4 Å². The lowest BCUT2D eigenvalue weighted by Gasteiger charge is -2.10. The predicted molar refractivity (Wildman–Crippen MR) is 108 cm³/mol. The molecule has 0 unspecified atom stereocenters. The average molecular weight is 392 g/mol. The molecule has 0 aliphatic heterocycles. The molecule has 1 amide bonds. The van der Waals surface area contributed by atoms with E-state index in [1.807, 2.05) is 6.07 Å². The van der Waals surface area contributed by atoms with Crippen molar-refractivity contribution < 1.29 is 9.90 Å². The molecule has 7 nitrogen and oxygen atoms in total. The molecule has 8 heteroatoms. The van der Waals surface area contributed by atoms with Crippen LogP contribution in [-0.4, -0.2) is 26.0 Å². The Bertz CT molecular complexity index is 1210. The highest BCUT2D eigenvalue weighted by atomic mass is 35.5. The number of fused-ring (bicyclic) bond motifs is 1. The van der Waals surface area contributed by atoms with Crippen LogP contribution in [-0.2, 0) is 0 Å². The van der Waals surface area contributed by atoms with Crippen LogP contribution in [0.5, 0.6) is 5.88 Å². The second-order valence-corrected chi connectivity index (χ2v) is 6.47. The molecule has 0 atom stereocenters. The summed E-state index contributed by atoms with van der Waals surface area (Å²) in [6.07, 6.45) is 1.36. The van der Waals surface area contributed by atoms with Gasteiger partial charge in [-0.1, -0.05) is 23.7 Å². The highest BCUT2D eigenvalue weighted by molar-refractivity contribution is 6.31. The summed E-state index contributed by atoms with van der Waals surface area (Å²) in [5.41, 5.74) is 8.74. The molecular formula is C20H14ClN5O2. The Morgan fingerprint density at radius 2 is 1.93 bits per heavy atom. The number of nitrogen functional groups attached to an aromatic ring is 1. The van der Waals surface area contributed by atoms with Gasteiger partial charge in [-0.2, -0.15) is 0 Å². The van der Waals surface area contributed by atoms with Gasteiger partial charge >= 0.3 is 0 Å². The molecule has 4 N–H and O–H groups in total. The zero-order valence-corrected chi connectivity index (χ0v) is 15.2. The maximum absolute atomic E-state index is 12.4. The van der Waals surface area contributed by atoms with E-state index in [1.54, 1.807) is 36.4 Å². The number of carbonyl (C=O) groups excluding carboxylic acids is 1. The van der Waals surface area contributed by atoms with E-state index in [4.69, 9.17) is 17.3 Å². The monoisotopic (exact) mass is 391 g/mol. The van der Waals surface area contributed by atoms with Crippen LogP contribution in [0.4, 0.5) is 11.6 Å².